The van der Waals surface area contributed by atoms with Crippen LogP contribution in [-0.4, -0.2) is 10.9 Å². The highest BCUT2D eigenvalue weighted by atomic mass is 16.3. The molecule has 2 aromatic carbocycles. The Labute approximate surface area is 106 Å². The van der Waals surface area contributed by atoms with Gasteiger partial charge in [-0.1, -0.05) is 54.6 Å². The van der Waals surface area contributed by atoms with E-state index in [1.165, 1.54) is 0 Å². The van der Waals surface area contributed by atoms with Gasteiger partial charge in [-0.15, -0.1) is 0 Å². The summed E-state index contributed by atoms with van der Waals surface area (Å²) in [4.78, 5) is 12.1. The van der Waals surface area contributed by atoms with Gasteiger partial charge in [0, 0.05) is 18.4 Å². The van der Waals surface area contributed by atoms with Crippen molar-refractivity contribution in [2.45, 2.75) is 18.4 Å². The number of benzene rings is 2. The Hall–Kier alpha value is -1.93. The summed E-state index contributed by atoms with van der Waals surface area (Å²) in [6, 6.07) is 16.9. The van der Waals surface area contributed by atoms with Gasteiger partial charge in [-0.3, -0.25) is 4.79 Å². The van der Waals surface area contributed by atoms with Crippen LogP contribution < -0.4 is 0 Å². The number of hydrogen-bond donors (Lipinski definition) is 1. The molecule has 90 valence electrons. The molecular formula is C16H14O2. The van der Waals surface area contributed by atoms with E-state index in [1.807, 2.05) is 42.5 Å². The Morgan fingerprint density at radius 2 is 1.72 bits per heavy atom. The summed E-state index contributed by atoms with van der Waals surface area (Å²) in [5.74, 6) is -0.00685. The zero-order chi connectivity index (χ0) is 12.6. The molecule has 3 rings (SSSR count). The average molecular weight is 238 g/mol. The summed E-state index contributed by atoms with van der Waals surface area (Å²) >= 11 is 0. The van der Waals surface area contributed by atoms with E-state index in [-0.39, 0.29) is 12.2 Å². The van der Waals surface area contributed by atoms with Crippen molar-refractivity contribution in [3.63, 3.8) is 0 Å². The molecule has 2 nitrogen and oxygen atoms in total. The normalized spacial score (nSPS) is 20.9. The van der Waals surface area contributed by atoms with Gasteiger partial charge in [0.1, 0.15) is 5.60 Å². The van der Waals surface area contributed by atoms with Crippen molar-refractivity contribution in [2.24, 2.45) is 0 Å². The van der Waals surface area contributed by atoms with E-state index in [0.717, 1.165) is 11.1 Å². The van der Waals surface area contributed by atoms with Crippen LogP contribution in [0.1, 0.15) is 27.9 Å². The third-order valence-corrected chi connectivity index (χ3v) is 3.55. The minimum Gasteiger partial charge on any atom is -0.384 e. The van der Waals surface area contributed by atoms with Crippen LogP contribution in [0.5, 0.6) is 0 Å². The molecule has 0 spiro atoms. The first-order valence-corrected chi connectivity index (χ1v) is 6.08. The van der Waals surface area contributed by atoms with Crippen LogP contribution in [0.2, 0.25) is 0 Å². The van der Waals surface area contributed by atoms with Gasteiger partial charge in [-0.05, 0) is 11.1 Å². The number of carbonyl (C=O) groups excluding carboxylic acids is 1. The lowest BCUT2D eigenvalue weighted by Crippen LogP contribution is -2.40. The number of ketones is 1. The van der Waals surface area contributed by atoms with Crippen LogP contribution in [0.4, 0.5) is 0 Å². The Morgan fingerprint density at radius 3 is 2.44 bits per heavy atom. The lowest BCUT2D eigenvalue weighted by atomic mass is 9.70. The van der Waals surface area contributed by atoms with Crippen molar-refractivity contribution < 1.29 is 9.90 Å². The molecule has 0 saturated heterocycles. The van der Waals surface area contributed by atoms with Crippen molar-refractivity contribution in [1.82, 2.24) is 0 Å². The van der Waals surface area contributed by atoms with Crippen molar-refractivity contribution in [3.8, 4) is 0 Å². The molecule has 0 fully saturated rings. The molecule has 1 atom stereocenters. The molecule has 2 aromatic rings. The smallest absolute Gasteiger partial charge is 0.166 e. The number of carbonyl (C=O) groups is 1. The van der Waals surface area contributed by atoms with E-state index in [9.17, 15) is 9.90 Å². The number of Topliss-reactive ketones (excluding diaryl/α,β-unsaturated/α-hetero) is 1. The van der Waals surface area contributed by atoms with Crippen molar-refractivity contribution in [2.75, 3.05) is 0 Å². The maximum Gasteiger partial charge on any atom is 0.166 e. The van der Waals surface area contributed by atoms with Crippen LogP contribution in [0, 0.1) is 0 Å². The monoisotopic (exact) mass is 238 g/mol. The van der Waals surface area contributed by atoms with E-state index in [1.54, 1.807) is 12.1 Å². The third kappa shape index (κ3) is 1.75. The topological polar surface area (TPSA) is 37.3 Å². The SMILES string of the molecule is O=C(C[C@@]1(O)Cc2ccccc21)c1ccccc1. The number of hydrogen-bond acceptors (Lipinski definition) is 2. The predicted octanol–water partition coefficient (Wildman–Crippen LogP) is 2.70. The maximum atomic E-state index is 12.1. The first kappa shape index (κ1) is 11.2. The van der Waals surface area contributed by atoms with Crippen molar-refractivity contribution >= 4 is 5.78 Å². The predicted molar refractivity (Wildman–Crippen MR) is 69.4 cm³/mol. The molecule has 18 heavy (non-hydrogen) atoms. The Morgan fingerprint density at radius 1 is 1.06 bits per heavy atom. The summed E-state index contributed by atoms with van der Waals surface area (Å²) in [5.41, 5.74) is 1.73. The molecule has 2 heteroatoms. The highest BCUT2D eigenvalue weighted by Gasteiger charge is 2.42. The van der Waals surface area contributed by atoms with Gasteiger partial charge in [-0.25, -0.2) is 0 Å². The molecule has 1 aliphatic rings. The van der Waals surface area contributed by atoms with Gasteiger partial charge in [-0.2, -0.15) is 0 Å². The zero-order valence-corrected chi connectivity index (χ0v) is 9.97. The molecule has 0 unspecified atom stereocenters. The molecule has 0 radical (unpaired) electrons. The summed E-state index contributed by atoms with van der Waals surface area (Å²) < 4.78 is 0. The lowest BCUT2D eigenvalue weighted by Gasteiger charge is -2.39. The minimum atomic E-state index is -0.969. The molecule has 0 saturated carbocycles. The van der Waals surface area contributed by atoms with Gasteiger partial charge >= 0.3 is 0 Å². The largest absolute Gasteiger partial charge is 0.384 e. The summed E-state index contributed by atoms with van der Waals surface area (Å²) in [6.07, 6.45) is 0.732. The fourth-order valence-corrected chi connectivity index (χ4v) is 2.58. The van der Waals surface area contributed by atoms with Crippen LogP contribution in [0.3, 0.4) is 0 Å². The Kier molecular flexibility index (Phi) is 2.53. The van der Waals surface area contributed by atoms with E-state index in [2.05, 4.69) is 0 Å². The van der Waals surface area contributed by atoms with Crippen molar-refractivity contribution in [1.29, 1.82) is 0 Å². The quantitative estimate of drug-likeness (QED) is 0.835. The second kappa shape index (κ2) is 4.07. The maximum absolute atomic E-state index is 12.1. The van der Waals surface area contributed by atoms with E-state index < -0.39 is 5.60 Å². The first-order valence-electron chi connectivity index (χ1n) is 6.08. The van der Waals surface area contributed by atoms with Crippen LogP contribution >= 0.6 is 0 Å². The number of fused-ring (bicyclic) bond motifs is 1. The highest BCUT2D eigenvalue weighted by Crippen LogP contribution is 2.41. The second-order valence-corrected chi connectivity index (χ2v) is 4.83. The Balaban J connectivity index is 1.81. The van der Waals surface area contributed by atoms with Gasteiger partial charge in [0.05, 0.1) is 0 Å². The summed E-state index contributed by atoms with van der Waals surface area (Å²) in [6.45, 7) is 0. The highest BCUT2D eigenvalue weighted by molar-refractivity contribution is 5.97. The van der Waals surface area contributed by atoms with Crippen LogP contribution in [-0.2, 0) is 12.0 Å². The standard InChI is InChI=1S/C16H14O2/c17-15(12-6-2-1-3-7-12)11-16(18)10-13-8-4-5-9-14(13)16/h1-9,18H,10-11H2/t16-/m0/s1. The molecule has 0 amide bonds. The van der Waals surface area contributed by atoms with E-state index in [0.29, 0.717) is 12.0 Å². The van der Waals surface area contributed by atoms with E-state index in [4.69, 9.17) is 0 Å². The molecule has 1 N–H and O–H groups in total. The van der Waals surface area contributed by atoms with Gasteiger partial charge in [0.15, 0.2) is 5.78 Å². The molecule has 0 bridgehead atoms. The zero-order valence-electron chi connectivity index (χ0n) is 9.97. The fourth-order valence-electron chi connectivity index (χ4n) is 2.58. The molecule has 0 aromatic heterocycles. The third-order valence-electron chi connectivity index (χ3n) is 3.55. The molecule has 1 aliphatic carbocycles. The van der Waals surface area contributed by atoms with Gasteiger partial charge in [0.2, 0.25) is 0 Å². The molecule has 0 heterocycles. The summed E-state index contributed by atoms with van der Waals surface area (Å²) in [7, 11) is 0. The number of aliphatic hydroxyl groups is 1. The van der Waals surface area contributed by atoms with Gasteiger partial charge in [0.25, 0.3) is 0 Å². The lowest BCUT2D eigenvalue weighted by molar-refractivity contribution is 0.00738. The van der Waals surface area contributed by atoms with E-state index >= 15 is 0 Å². The Bertz CT molecular complexity index is 589. The minimum absolute atomic E-state index is 0.00685. The second-order valence-electron chi connectivity index (χ2n) is 4.83. The number of rotatable bonds is 3. The first-order chi connectivity index (χ1) is 8.69. The molecule has 0 aliphatic heterocycles. The molecular weight excluding hydrogens is 224 g/mol. The van der Waals surface area contributed by atoms with Gasteiger partial charge < -0.3 is 5.11 Å². The fraction of sp³-hybridized carbons (Fsp3) is 0.188. The van der Waals surface area contributed by atoms with Crippen LogP contribution in [0.15, 0.2) is 54.6 Å². The van der Waals surface area contributed by atoms with Crippen LogP contribution in [0.25, 0.3) is 0 Å². The average Bonchev–Trinajstić information content (AvgIpc) is 2.39. The summed E-state index contributed by atoms with van der Waals surface area (Å²) in [5, 5.41) is 10.5. The van der Waals surface area contributed by atoms with Crippen molar-refractivity contribution in [3.05, 3.63) is 71.3 Å².